The topological polar surface area (TPSA) is 21.5 Å². The predicted octanol–water partition coefficient (Wildman–Crippen LogP) is 2.17. The largest absolute Gasteiger partial charge is 0.344 e. The summed E-state index contributed by atoms with van der Waals surface area (Å²) in [6.07, 6.45) is 7.02. The summed E-state index contributed by atoms with van der Waals surface area (Å²) in [5.74, 6) is 3.86. The van der Waals surface area contributed by atoms with Gasteiger partial charge in [0.2, 0.25) is 0 Å². The standard InChI is InChI=1S/C18H23NO/c1-19(18(20)14-5-3-2-4-6-14)17-15-8-12-7-13(10-15)11-16(17)9-12/h2-6,12-13,15-17H,7-11H2,1H3/p+1. The molecular formula is C18H24NO+. The van der Waals surface area contributed by atoms with Crippen LogP contribution in [0, 0.1) is 23.7 Å². The van der Waals surface area contributed by atoms with E-state index in [2.05, 4.69) is 7.05 Å². The van der Waals surface area contributed by atoms with E-state index in [1.165, 1.54) is 32.1 Å². The van der Waals surface area contributed by atoms with Crippen LogP contribution in [0.1, 0.15) is 42.5 Å². The maximum absolute atomic E-state index is 12.7. The number of carbonyl (C=O) groups is 1. The lowest BCUT2D eigenvalue weighted by molar-refractivity contribution is -0.835. The van der Waals surface area contributed by atoms with E-state index < -0.39 is 0 Å². The van der Waals surface area contributed by atoms with Crippen LogP contribution in [0.2, 0.25) is 0 Å². The van der Waals surface area contributed by atoms with Gasteiger partial charge in [-0.15, -0.1) is 0 Å². The zero-order chi connectivity index (χ0) is 13.7. The molecule has 1 atom stereocenters. The van der Waals surface area contributed by atoms with Gasteiger partial charge in [-0.25, -0.2) is 4.79 Å². The molecule has 0 aliphatic heterocycles. The van der Waals surface area contributed by atoms with Gasteiger partial charge in [-0.2, -0.15) is 0 Å². The van der Waals surface area contributed by atoms with Crippen molar-refractivity contribution in [3.05, 3.63) is 35.9 Å². The number of amides is 1. The first-order valence-corrected chi connectivity index (χ1v) is 8.15. The molecule has 1 unspecified atom stereocenters. The number of carbonyl (C=O) groups excluding carboxylic acids is 1. The molecule has 0 saturated heterocycles. The molecule has 4 saturated carbocycles. The van der Waals surface area contributed by atoms with Crippen molar-refractivity contribution < 1.29 is 9.69 Å². The Bertz CT molecular complexity index is 481. The van der Waals surface area contributed by atoms with Crippen LogP contribution in [0.5, 0.6) is 0 Å². The monoisotopic (exact) mass is 270 g/mol. The van der Waals surface area contributed by atoms with Gasteiger partial charge in [-0.1, -0.05) is 18.2 Å². The lowest BCUT2D eigenvalue weighted by atomic mass is 9.54. The summed E-state index contributed by atoms with van der Waals surface area (Å²) in [7, 11) is 2.11. The summed E-state index contributed by atoms with van der Waals surface area (Å²) in [6.45, 7) is 0. The van der Waals surface area contributed by atoms with Gasteiger partial charge in [-0.3, -0.25) is 4.90 Å². The third kappa shape index (κ3) is 1.93. The minimum atomic E-state index is 0.295. The van der Waals surface area contributed by atoms with E-state index in [0.29, 0.717) is 11.9 Å². The SMILES string of the molecule is C[NH+](C(=O)c1ccccc1)C1C2CC3CC(C2)CC1C3. The molecule has 20 heavy (non-hydrogen) atoms. The lowest BCUT2D eigenvalue weighted by Gasteiger charge is -2.54. The highest BCUT2D eigenvalue weighted by atomic mass is 16.2. The number of benzene rings is 1. The minimum Gasteiger partial charge on any atom is -0.267 e. The van der Waals surface area contributed by atoms with Crippen LogP contribution in [0.15, 0.2) is 30.3 Å². The number of quaternary nitrogens is 1. The smallest absolute Gasteiger partial charge is 0.267 e. The quantitative estimate of drug-likeness (QED) is 0.874. The average Bonchev–Trinajstić information content (AvgIpc) is 2.46. The molecule has 1 amide bonds. The second kappa shape index (κ2) is 4.70. The number of hydrogen-bond acceptors (Lipinski definition) is 1. The van der Waals surface area contributed by atoms with Gasteiger partial charge >= 0.3 is 5.91 Å². The molecule has 0 spiro atoms. The molecule has 1 N–H and O–H groups in total. The Kier molecular flexibility index (Phi) is 2.95. The first-order valence-electron chi connectivity index (χ1n) is 8.15. The summed E-state index contributed by atoms with van der Waals surface area (Å²) < 4.78 is 0. The van der Waals surface area contributed by atoms with Crippen LogP contribution < -0.4 is 4.90 Å². The van der Waals surface area contributed by atoms with Crippen molar-refractivity contribution in [1.82, 2.24) is 0 Å². The summed E-state index contributed by atoms with van der Waals surface area (Å²) in [5.41, 5.74) is 0.874. The fourth-order valence-corrected chi connectivity index (χ4v) is 5.60. The van der Waals surface area contributed by atoms with E-state index in [9.17, 15) is 4.79 Å². The maximum atomic E-state index is 12.7. The zero-order valence-electron chi connectivity index (χ0n) is 12.2. The van der Waals surface area contributed by atoms with E-state index in [0.717, 1.165) is 34.1 Å². The molecule has 4 fully saturated rings. The highest BCUT2D eigenvalue weighted by Gasteiger charge is 2.52. The summed E-state index contributed by atoms with van der Waals surface area (Å²) in [5, 5.41) is 0. The molecule has 2 heteroatoms. The predicted molar refractivity (Wildman–Crippen MR) is 78.5 cm³/mol. The average molecular weight is 270 g/mol. The first-order chi connectivity index (χ1) is 9.72. The molecule has 4 aliphatic carbocycles. The highest BCUT2D eigenvalue weighted by molar-refractivity contribution is 5.87. The highest BCUT2D eigenvalue weighted by Crippen LogP contribution is 2.52. The Morgan fingerprint density at radius 3 is 2.05 bits per heavy atom. The normalized spacial score (nSPS) is 39.8. The zero-order valence-corrected chi connectivity index (χ0v) is 12.2. The van der Waals surface area contributed by atoms with E-state index in [-0.39, 0.29) is 0 Å². The van der Waals surface area contributed by atoms with Crippen LogP contribution >= 0.6 is 0 Å². The van der Waals surface area contributed by atoms with Crippen molar-refractivity contribution in [1.29, 1.82) is 0 Å². The van der Waals surface area contributed by atoms with Gasteiger partial charge in [0.1, 0.15) is 6.04 Å². The Balaban J connectivity index is 1.57. The molecule has 5 rings (SSSR count). The van der Waals surface area contributed by atoms with Crippen molar-refractivity contribution in [2.75, 3.05) is 7.05 Å². The molecule has 106 valence electrons. The molecule has 2 nitrogen and oxygen atoms in total. The van der Waals surface area contributed by atoms with Crippen LogP contribution in [-0.4, -0.2) is 19.0 Å². The Labute approximate surface area is 121 Å². The van der Waals surface area contributed by atoms with Gasteiger partial charge in [0.25, 0.3) is 0 Å². The second-order valence-corrected chi connectivity index (χ2v) is 7.33. The molecule has 0 aromatic heterocycles. The Morgan fingerprint density at radius 2 is 1.50 bits per heavy atom. The fraction of sp³-hybridized carbons (Fsp3) is 0.611. The van der Waals surface area contributed by atoms with Gasteiger partial charge < -0.3 is 0 Å². The summed E-state index contributed by atoms with van der Waals surface area (Å²) in [4.78, 5) is 13.9. The summed E-state index contributed by atoms with van der Waals surface area (Å²) >= 11 is 0. The van der Waals surface area contributed by atoms with Gasteiger partial charge in [-0.05, 0) is 56.1 Å². The molecule has 4 bridgehead atoms. The molecule has 1 aromatic carbocycles. The minimum absolute atomic E-state index is 0.295. The van der Waals surface area contributed by atoms with Crippen LogP contribution in [0.3, 0.4) is 0 Å². The fourth-order valence-electron chi connectivity index (χ4n) is 5.60. The maximum Gasteiger partial charge on any atom is 0.344 e. The van der Waals surface area contributed by atoms with Crippen molar-refractivity contribution in [3.63, 3.8) is 0 Å². The van der Waals surface area contributed by atoms with Crippen LogP contribution in [-0.2, 0) is 0 Å². The third-order valence-electron chi connectivity index (χ3n) is 6.12. The van der Waals surface area contributed by atoms with Crippen LogP contribution in [0.4, 0.5) is 0 Å². The van der Waals surface area contributed by atoms with Crippen molar-refractivity contribution >= 4 is 5.91 Å². The Morgan fingerprint density at radius 1 is 0.950 bits per heavy atom. The summed E-state index contributed by atoms with van der Waals surface area (Å²) in [6, 6.07) is 10.4. The van der Waals surface area contributed by atoms with Crippen LogP contribution in [0.25, 0.3) is 0 Å². The van der Waals surface area contributed by atoms with E-state index in [4.69, 9.17) is 0 Å². The lowest BCUT2D eigenvalue weighted by Crippen LogP contribution is -3.17. The van der Waals surface area contributed by atoms with Crippen molar-refractivity contribution in [2.24, 2.45) is 23.7 Å². The van der Waals surface area contributed by atoms with E-state index in [1.807, 2.05) is 30.3 Å². The first kappa shape index (κ1) is 12.6. The van der Waals surface area contributed by atoms with Gasteiger partial charge in [0.05, 0.1) is 12.6 Å². The molecule has 1 aromatic rings. The second-order valence-electron chi connectivity index (χ2n) is 7.33. The molecule has 0 radical (unpaired) electrons. The molecule has 4 aliphatic rings. The Hall–Kier alpha value is -1.15. The molecular weight excluding hydrogens is 246 g/mol. The van der Waals surface area contributed by atoms with Crippen molar-refractivity contribution in [2.45, 2.75) is 38.1 Å². The van der Waals surface area contributed by atoms with Gasteiger partial charge in [0.15, 0.2) is 0 Å². The molecule has 0 heterocycles. The number of rotatable bonds is 2. The van der Waals surface area contributed by atoms with E-state index in [1.54, 1.807) is 0 Å². The number of nitrogens with one attached hydrogen (secondary N) is 1. The van der Waals surface area contributed by atoms with Gasteiger partial charge in [0, 0.05) is 11.8 Å². The van der Waals surface area contributed by atoms with E-state index >= 15 is 0 Å². The van der Waals surface area contributed by atoms with Crippen molar-refractivity contribution in [3.8, 4) is 0 Å². The number of hydrogen-bond donors (Lipinski definition) is 1. The third-order valence-corrected chi connectivity index (χ3v) is 6.12.